The molecule has 0 aliphatic carbocycles. The molecular formula is C19H24N2. The van der Waals surface area contributed by atoms with E-state index >= 15 is 0 Å². The predicted octanol–water partition coefficient (Wildman–Crippen LogP) is 4.03. The number of hydrogen-bond donors (Lipinski definition) is 0. The summed E-state index contributed by atoms with van der Waals surface area (Å²) in [4.78, 5) is 6.57. The standard InChI is InChI=1S/C19H24N2/c1-19(2,3)16-11-15-13-21(4)10-7-17(15)18(12-16)14-5-8-20-9-6-14/h5-6,8-9,11-12H,7,10,13H2,1-4H3. The van der Waals surface area contributed by atoms with Crippen molar-refractivity contribution in [1.82, 2.24) is 9.88 Å². The van der Waals surface area contributed by atoms with E-state index in [0.717, 1.165) is 19.5 Å². The number of pyridine rings is 1. The molecule has 21 heavy (non-hydrogen) atoms. The van der Waals surface area contributed by atoms with Gasteiger partial charge in [0.15, 0.2) is 0 Å². The van der Waals surface area contributed by atoms with Gasteiger partial charge in [-0.05, 0) is 58.8 Å². The van der Waals surface area contributed by atoms with Crippen molar-refractivity contribution in [3.05, 3.63) is 53.3 Å². The first-order valence-electron chi connectivity index (χ1n) is 7.70. The van der Waals surface area contributed by atoms with Crippen LogP contribution < -0.4 is 0 Å². The maximum Gasteiger partial charge on any atom is 0.0273 e. The van der Waals surface area contributed by atoms with Crippen LogP contribution in [0.4, 0.5) is 0 Å². The van der Waals surface area contributed by atoms with Gasteiger partial charge in [-0.25, -0.2) is 0 Å². The number of nitrogens with zero attached hydrogens (tertiary/aromatic N) is 2. The van der Waals surface area contributed by atoms with Gasteiger partial charge >= 0.3 is 0 Å². The lowest BCUT2D eigenvalue weighted by Crippen LogP contribution is -2.27. The topological polar surface area (TPSA) is 16.1 Å². The summed E-state index contributed by atoms with van der Waals surface area (Å²) in [7, 11) is 2.21. The molecule has 2 aromatic rings. The summed E-state index contributed by atoms with van der Waals surface area (Å²) < 4.78 is 0. The average Bonchev–Trinajstić information content (AvgIpc) is 2.45. The van der Waals surface area contributed by atoms with Crippen LogP contribution >= 0.6 is 0 Å². The molecule has 0 unspecified atom stereocenters. The number of benzene rings is 1. The van der Waals surface area contributed by atoms with E-state index < -0.39 is 0 Å². The van der Waals surface area contributed by atoms with Gasteiger partial charge in [0.1, 0.15) is 0 Å². The first kappa shape index (κ1) is 14.3. The summed E-state index contributed by atoms with van der Waals surface area (Å²) in [6, 6.07) is 9.05. The molecule has 1 aliphatic heterocycles. The summed E-state index contributed by atoms with van der Waals surface area (Å²) in [6.45, 7) is 9.06. The Bertz CT molecular complexity index is 639. The highest BCUT2D eigenvalue weighted by molar-refractivity contribution is 5.70. The zero-order valence-corrected chi connectivity index (χ0v) is 13.5. The molecule has 0 radical (unpaired) electrons. The fourth-order valence-electron chi connectivity index (χ4n) is 3.06. The molecule has 1 aromatic heterocycles. The molecule has 3 rings (SSSR count). The number of aromatic nitrogens is 1. The van der Waals surface area contributed by atoms with Crippen molar-refractivity contribution in [2.75, 3.05) is 13.6 Å². The zero-order chi connectivity index (χ0) is 15.0. The lowest BCUT2D eigenvalue weighted by molar-refractivity contribution is 0.313. The molecule has 2 heteroatoms. The number of likely N-dealkylation sites (N-methyl/N-ethyl adjacent to an activating group) is 1. The van der Waals surface area contributed by atoms with Gasteiger partial charge in [-0.1, -0.05) is 32.9 Å². The third kappa shape index (κ3) is 2.86. The van der Waals surface area contributed by atoms with Crippen molar-refractivity contribution in [2.24, 2.45) is 0 Å². The number of rotatable bonds is 1. The van der Waals surface area contributed by atoms with E-state index in [9.17, 15) is 0 Å². The summed E-state index contributed by atoms with van der Waals surface area (Å²) in [5.41, 5.74) is 7.29. The van der Waals surface area contributed by atoms with Gasteiger partial charge in [-0.15, -0.1) is 0 Å². The summed E-state index contributed by atoms with van der Waals surface area (Å²) in [5.74, 6) is 0. The first-order chi connectivity index (χ1) is 9.95. The van der Waals surface area contributed by atoms with Crippen LogP contribution in [0, 0.1) is 0 Å². The summed E-state index contributed by atoms with van der Waals surface area (Å²) >= 11 is 0. The molecule has 110 valence electrons. The van der Waals surface area contributed by atoms with Crippen molar-refractivity contribution in [1.29, 1.82) is 0 Å². The fraction of sp³-hybridized carbons (Fsp3) is 0.421. The van der Waals surface area contributed by atoms with Crippen molar-refractivity contribution >= 4 is 0 Å². The van der Waals surface area contributed by atoms with Crippen molar-refractivity contribution in [2.45, 2.75) is 39.2 Å². The van der Waals surface area contributed by atoms with E-state index in [2.05, 4.69) is 62.0 Å². The van der Waals surface area contributed by atoms with Gasteiger partial charge in [0.25, 0.3) is 0 Å². The predicted molar refractivity (Wildman–Crippen MR) is 88.4 cm³/mol. The number of fused-ring (bicyclic) bond motifs is 1. The van der Waals surface area contributed by atoms with E-state index in [0.29, 0.717) is 0 Å². The largest absolute Gasteiger partial charge is 0.302 e. The van der Waals surface area contributed by atoms with Gasteiger partial charge < -0.3 is 4.90 Å². The molecular weight excluding hydrogens is 256 g/mol. The average molecular weight is 280 g/mol. The SMILES string of the molecule is CN1CCc2c(cc(C(C)(C)C)cc2-c2ccncc2)C1. The molecule has 0 N–H and O–H groups in total. The molecule has 1 aromatic carbocycles. The van der Waals surface area contributed by atoms with Crippen LogP contribution in [0.3, 0.4) is 0 Å². The second-order valence-corrected chi connectivity index (χ2v) is 7.14. The van der Waals surface area contributed by atoms with E-state index in [1.165, 1.54) is 27.8 Å². The number of hydrogen-bond acceptors (Lipinski definition) is 2. The summed E-state index contributed by atoms with van der Waals surface area (Å²) in [5, 5.41) is 0. The Morgan fingerprint density at radius 1 is 1.10 bits per heavy atom. The fourth-order valence-corrected chi connectivity index (χ4v) is 3.06. The molecule has 2 heterocycles. The van der Waals surface area contributed by atoms with Crippen LogP contribution in [0.25, 0.3) is 11.1 Å². The lowest BCUT2D eigenvalue weighted by atomic mass is 9.81. The van der Waals surface area contributed by atoms with Gasteiger partial charge in [0.05, 0.1) is 0 Å². The van der Waals surface area contributed by atoms with Gasteiger partial charge in [0, 0.05) is 25.5 Å². The van der Waals surface area contributed by atoms with E-state index in [-0.39, 0.29) is 5.41 Å². The van der Waals surface area contributed by atoms with Crippen molar-refractivity contribution in [3.8, 4) is 11.1 Å². The smallest absolute Gasteiger partial charge is 0.0273 e. The van der Waals surface area contributed by atoms with E-state index in [1.54, 1.807) is 0 Å². The maximum absolute atomic E-state index is 4.16. The van der Waals surface area contributed by atoms with Crippen LogP contribution in [0.15, 0.2) is 36.7 Å². The quantitative estimate of drug-likeness (QED) is 0.784. The first-order valence-corrected chi connectivity index (χ1v) is 7.70. The Morgan fingerprint density at radius 2 is 1.81 bits per heavy atom. The Kier molecular flexibility index (Phi) is 3.58. The molecule has 0 fully saturated rings. The highest BCUT2D eigenvalue weighted by atomic mass is 15.1. The van der Waals surface area contributed by atoms with Gasteiger partial charge in [0.2, 0.25) is 0 Å². The van der Waals surface area contributed by atoms with Crippen molar-refractivity contribution in [3.63, 3.8) is 0 Å². The van der Waals surface area contributed by atoms with Gasteiger partial charge in [-0.2, -0.15) is 0 Å². The van der Waals surface area contributed by atoms with Gasteiger partial charge in [-0.3, -0.25) is 4.98 Å². The molecule has 0 atom stereocenters. The third-order valence-corrected chi connectivity index (χ3v) is 4.38. The summed E-state index contributed by atoms with van der Waals surface area (Å²) in [6.07, 6.45) is 4.91. The van der Waals surface area contributed by atoms with Crippen LogP contribution in [0.1, 0.15) is 37.5 Å². The van der Waals surface area contributed by atoms with Crippen LogP contribution in [-0.4, -0.2) is 23.5 Å². The molecule has 0 saturated carbocycles. The second kappa shape index (κ2) is 5.27. The molecule has 0 saturated heterocycles. The maximum atomic E-state index is 4.16. The molecule has 0 spiro atoms. The third-order valence-electron chi connectivity index (χ3n) is 4.38. The normalized spacial score (nSPS) is 15.8. The highest BCUT2D eigenvalue weighted by Gasteiger charge is 2.22. The second-order valence-electron chi connectivity index (χ2n) is 7.14. The minimum Gasteiger partial charge on any atom is -0.302 e. The zero-order valence-electron chi connectivity index (χ0n) is 13.5. The molecule has 2 nitrogen and oxygen atoms in total. The van der Waals surface area contributed by atoms with Crippen LogP contribution in [-0.2, 0) is 18.4 Å². The monoisotopic (exact) mass is 280 g/mol. The molecule has 1 aliphatic rings. The Morgan fingerprint density at radius 3 is 2.48 bits per heavy atom. The minimum atomic E-state index is 0.173. The minimum absolute atomic E-state index is 0.173. The van der Waals surface area contributed by atoms with Crippen LogP contribution in [0.5, 0.6) is 0 Å². The Balaban J connectivity index is 2.20. The van der Waals surface area contributed by atoms with E-state index in [4.69, 9.17) is 0 Å². The Labute approximate surface area is 127 Å². The highest BCUT2D eigenvalue weighted by Crippen LogP contribution is 2.35. The lowest BCUT2D eigenvalue weighted by Gasteiger charge is -2.30. The molecule has 0 bridgehead atoms. The van der Waals surface area contributed by atoms with E-state index in [1.807, 2.05) is 12.4 Å². The molecule has 0 amide bonds. The van der Waals surface area contributed by atoms with Crippen molar-refractivity contribution < 1.29 is 0 Å². The van der Waals surface area contributed by atoms with Crippen LogP contribution in [0.2, 0.25) is 0 Å². The Hall–Kier alpha value is -1.67.